The molecule has 0 fully saturated rings. The molecule has 1 aromatic carbocycles. The molecule has 0 bridgehead atoms. The molecule has 2 amide bonds. The second-order valence-electron chi connectivity index (χ2n) is 4.64. The molecule has 0 aliphatic carbocycles. The van der Waals surface area contributed by atoms with Gasteiger partial charge in [0, 0.05) is 0 Å². The van der Waals surface area contributed by atoms with E-state index in [1.54, 1.807) is 13.8 Å². The quantitative estimate of drug-likeness (QED) is 0.626. The highest BCUT2D eigenvalue weighted by Gasteiger charge is 2.28. The number of rotatable bonds is 5. The number of benzene rings is 1. The van der Waals surface area contributed by atoms with Gasteiger partial charge in [0.1, 0.15) is 11.9 Å². The summed E-state index contributed by atoms with van der Waals surface area (Å²) in [5, 5.41) is 12.7. The van der Waals surface area contributed by atoms with E-state index in [9.17, 15) is 28.5 Å². The third kappa shape index (κ3) is 3.71. The Balaban J connectivity index is 3.19. The largest absolute Gasteiger partial charge is 0.368 e. The number of halogens is 2. The first-order valence-corrected chi connectivity index (χ1v) is 5.88. The van der Waals surface area contributed by atoms with E-state index in [-0.39, 0.29) is 0 Å². The molecule has 0 saturated heterocycles. The SMILES string of the molecule is CC(C)C(NC(=O)c1cc(F)cc([N+](=O)[O-])c1F)C(N)=O. The maximum absolute atomic E-state index is 13.8. The summed E-state index contributed by atoms with van der Waals surface area (Å²) in [6.07, 6.45) is 0. The number of hydrogen-bond acceptors (Lipinski definition) is 4. The topological polar surface area (TPSA) is 115 Å². The van der Waals surface area contributed by atoms with Gasteiger partial charge in [-0.05, 0) is 12.0 Å². The predicted molar refractivity (Wildman–Crippen MR) is 68.3 cm³/mol. The van der Waals surface area contributed by atoms with Crippen molar-refractivity contribution in [2.75, 3.05) is 0 Å². The average molecular weight is 301 g/mol. The van der Waals surface area contributed by atoms with E-state index in [0.717, 1.165) is 0 Å². The van der Waals surface area contributed by atoms with Gasteiger partial charge >= 0.3 is 5.69 Å². The van der Waals surface area contributed by atoms with Crippen LogP contribution in [0.1, 0.15) is 24.2 Å². The van der Waals surface area contributed by atoms with Crippen molar-refractivity contribution in [3.63, 3.8) is 0 Å². The lowest BCUT2D eigenvalue weighted by Gasteiger charge is -2.19. The van der Waals surface area contributed by atoms with Gasteiger partial charge in [0.15, 0.2) is 0 Å². The van der Waals surface area contributed by atoms with Crippen LogP contribution in [0.3, 0.4) is 0 Å². The number of nitro groups is 1. The van der Waals surface area contributed by atoms with Crippen molar-refractivity contribution in [2.45, 2.75) is 19.9 Å². The molecule has 0 heterocycles. The fraction of sp³-hybridized carbons (Fsp3) is 0.333. The highest BCUT2D eigenvalue weighted by molar-refractivity contribution is 5.98. The summed E-state index contributed by atoms with van der Waals surface area (Å²) in [6.45, 7) is 3.17. The monoisotopic (exact) mass is 301 g/mol. The minimum Gasteiger partial charge on any atom is -0.368 e. The lowest BCUT2D eigenvalue weighted by atomic mass is 10.0. The van der Waals surface area contributed by atoms with Crippen molar-refractivity contribution in [1.29, 1.82) is 0 Å². The summed E-state index contributed by atoms with van der Waals surface area (Å²) in [7, 11) is 0. The number of nitrogens with two attached hydrogens (primary N) is 1. The van der Waals surface area contributed by atoms with Gasteiger partial charge < -0.3 is 11.1 Å². The van der Waals surface area contributed by atoms with Gasteiger partial charge in [-0.2, -0.15) is 4.39 Å². The molecule has 9 heteroatoms. The van der Waals surface area contributed by atoms with Gasteiger partial charge in [0.05, 0.1) is 16.6 Å². The lowest BCUT2D eigenvalue weighted by molar-refractivity contribution is -0.387. The zero-order chi connectivity index (χ0) is 16.3. The fourth-order valence-corrected chi connectivity index (χ4v) is 1.66. The van der Waals surface area contributed by atoms with Crippen molar-refractivity contribution in [3.05, 3.63) is 39.4 Å². The van der Waals surface area contributed by atoms with Crippen LogP contribution in [0.25, 0.3) is 0 Å². The van der Waals surface area contributed by atoms with Crippen molar-refractivity contribution in [2.24, 2.45) is 11.7 Å². The fourth-order valence-electron chi connectivity index (χ4n) is 1.66. The van der Waals surface area contributed by atoms with E-state index in [4.69, 9.17) is 5.73 Å². The smallest absolute Gasteiger partial charge is 0.308 e. The van der Waals surface area contributed by atoms with E-state index in [1.807, 2.05) is 0 Å². The van der Waals surface area contributed by atoms with Crippen molar-refractivity contribution in [1.82, 2.24) is 5.32 Å². The Labute approximate surface area is 118 Å². The van der Waals surface area contributed by atoms with E-state index < -0.39 is 51.6 Å². The normalized spacial score (nSPS) is 12.0. The van der Waals surface area contributed by atoms with Crippen LogP contribution in [0.15, 0.2) is 12.1 Å². The first kappa shape index (κ1) is 16.5. The molecular formula is C12H13F2N3O4. The number of carbonyl (C=O) groups excluding carboxylic acids is 2. The Morgan fingerprint density at radius 1 is 1.33 bits per heavy atom. The second-order valence-corrected chi connectivity index (χ2v) is 4.64. The Hall–Kier alpha value is -2.58. The number of hydrogen-bond donors (Lipinski definition) is 2. The molecule has 0 radical (unpaired) electrons. The number of carbonyl (C=O) groups is 2. The van der Waals surface area contributed by atoms with Crippen molar-refractivity contribution >= 4 is 17.5 Å². The molecule has 0 spiro atoms. The second kappa shape index (κ2) is 6.25. The molecule has 0 aliphatic heterocycles. The first-order valence-electron chi connectivity index (χ1n) is 5.88. The van der Waals surface area contributed by atoms with Crippen LogP contribution in [0, 0.1) is 27.7 Å². The molecule has 7 nitrogen and oxygen atoms in total. The number of nitrogens with zero attached hydrogens (tertiary/aromatic N) is 1. The summed E-state index contributed by atoms with van der Waals surface area (Å²) in [5.41, 5.74) is 3.05. The summed E-state index contributed by atoms with van der Waals surface area (Å²) >= 11 is 0. The molecular weight excluding hydrogens is 288 g/mol. The van der Waals surface area contributed by atoms with Gasteiger partial charge in [0.25, 0.3) is 5.91 Å². The number of amides is 2. The third-order valence-electron chi connectivity index (χ3n) is 2.72. The molecule has 0 aromatic heterocycles. The van der Waals surface area contributed by atoms with Gasteiger partial charge in [-0.25, -0.2) is 4.39 Å². The van der Waals surface area contributed by atoms with Crippen molar-refractivity contribution in [3.8, 4) is 0 Å². The summed E-state index contributed by atoms with van der Waals surface area (Å²) in [6, 6.07) is -0.241. The highest BCUT2D eigenvalue weighted by atomic mass is 19.1. The van der Waals surface area contributed by atoms with Crippen molar-refractivity contribution < 1.29 is 23.3 Å². The predicted octanol–water partition coefficient (Wildman–Crippen LogP) is 1.11. The van der Waals surface area contributed by atoms with Crippen LogP contribution in [0.2, 0.25) is 0 Å². The molecule has 3 N–H and O–H groups in total. The standard InChI is InChI=1S/C12H13F2N3O4/c1-5(2)10(11(15)18)16-12(19)7-3-6(13)4-8(9(7)14)17(20)21/h3-5,10H,1-2H3,(H2,15,18)(H,16,19). The van der Waals surface area contributed by atoms with Crippen LogP contribution in [0.5, 0.6) is 0 Å². The summed E-state index contributed by atoms with van der Waals surface area (Å²) < 4.78 is 27.1. The zero-order valence-corrected chi connectivity index (χ0v) is 11.2. The van der Waals surface area contributed by atoms with Gasteiger partial charge in [-0.3, -0.25) is 19.7 Å². The first-order chi connectivity index (χ1) is 9.65. The zero-order valence-electron chi connectivity index (χ0n) is 11.2. The van der Waals surface area contributed by atoms with Gasteiger partial charge in [0.2, 0.25) is 11.7 Å². The highest BCUT2D eigenvalue weighted by Crippen LogP contribution is 2.22. The molecule has 0 aliphatic rings. The van der Waals surface area contributed by atoms with E-state index >= 15 is 0 Å². The lowest BCUT2D eigenvalue weighted by Crippen LogP contribution is -2.47. The number of nitrogens with one attached hydrogen (secondary N) is 1. The Morgan fingerprint density at radius 2 is 1.90 bits per heavy atom. The maximum atomic E-state index is 13.8. The van der Waals surface area contributed by atoms with Crippen LogP contribution in [-0.4, -0.2) is 22.8 Å². The third-order valence-corrected chi connectivity index (χ3v) is 2.72. The summed E-state index contributed by atoms with van der Waals surface area (Å²) in [4.78, 5) is 32.5. The van der Waals surface area contributed by atoms with E-state index in [1.165, 1.54) is 0 Å². The van der Waals surface area contributed by atoms with Crippen LogP contribution in [0.4, 0.5) is 14.5 Å². The molecule has 1 unspecified atom stereocenters. The summed E-state index contributed by atoms with van der Waals surface area (Å²) in [5.74, 6) is -5.03. The Kier molecular flexibility index (Phi) is 4.90. The van der Waals surface area contributed by atoms with Gasteiger partial charge in [-0.15, -0.1) is 0 Å². The molecule has 1 atom stereocenters. The van der Waals surface area contributed by atoms with E-state index in [2.05, 4.69) is 5.32 Å². The minimum atomic E-state index is -1.48. The molecule has 21 heavy (non-hydrogen) atoms. The van der Waals surface area contributed by atoms with E-state index in [0.29, 0.717) is 12.1 Å². The Bertz CT molecular complexity index is 604. The van der Waals surface area contributed by atoms with Crippen LogP contribution in [-0.2, 0) is 4.79 Å². The number of nitro benzene ring substituents is 1. The minimum absolute atomic E-state index is 0.361. The van der Waals surface area contributed by atoms with Gasteiger partial charge in [-0.1, -0.05) is 13.8 Å². The molecule has 114 valence electrons. The molecule has 1 rings (SSSR count). The maximum Gasteiger partial charge on any atom is 0.308 e. The average Bonchev–Trinajstić information content (AvgIpc) is 2.36. The molecule has 0 saturated carbocycles. The van der Waals surface area contributed by atoms with Crippen LogP contribution >= 0.6 is 0 Å². The number of primary amides is 1. The van der Waals surface area contributed by atoms with Crippen LogP contribution < -0.4 is 11.1 Å². The molecule has 1 aromatic rings. The Morgan fingerprint density at radius 3 is 2.33 bits per heavy atom.